The first-order chi connectivity index (χ1) is 14.8. The van der Waals surface area contributed by atoms with Gasteiger partial charge in [-0.3, -0.25) is 9.59 Å². The Morgan fingerprint density at radius 1 is 1.13 bits per heavy atom. The lowest BCUT2D eigenvalue weighted by atomic mass is 10.2. The summed E-state index contributed by atoms with van der Waals surface area (Å²) in [6.07, 6.45) is 1.82. The number of hydrogen-bond acceptors (Lipinski definition) is 4. The molecule has 1 fully saturated rings. The van der Waals surface area contributed by atoms with Gasteiger partial charge < -0.3 is 15.6 Å². The van der Waals surface area contributed by atoms with Gasteiger partial charge in [-0.2, -0.15) is 0 Å². The summed E-state index contributed by atoms with van der Waals surface area (Å²) in [6.45, 7) is 3.94. The van der Waals surface area contributed by atoms with Crippen molar-refractivity contribution in [2.75, 3.05) is 0 Å². The summed E-state index contributed by atoms with van der Waals surface area (Å²) < 4.78 is 15.1. The number of amides is 2. The SMILES string of the molecule is Cc1cc(/C=C2/SC(=Nc3ccc(F)cc3)NC2=O)c(C)n1-c1ccc(C(N)=O)cc1. The molecule has 8 heteroatoms. The number of aromatic nitrogens is 1. The molecule has 0 bridgehead atoms. The summed E-state index contributed by atoms with van der Waals surface area (Å²) in [5.41, 5.74) is 10.1. The normalized spacial score (nSPS) is 16.2. The van der Waals surface area contributed by atoms with E-state index in [1.807, 2.05) is 42.7 Å². The largest absolute Gasteiger partial charge is 0.366 e. The lowest BCUT2D eigenvalue weighted by Gasteiger charge is -2.10. The molecule has 1 aromatic heterocycles. The van der Waals surface area contributed by atoms with Crippen molar-refractivity contribution < 1.29 is 14.0 Å². The van der Waals surface area contributed by atoms with E-state index >= 15 is 0 Å². The predicted octanol–water partition coefficient (Wildman–Crippen LogP) is 4.22. The molecule has 0 saturated carbocycles. The van der Waals surface area contributed by atoms with Crippen molar-refractivity contribution in [3.05, 3.63) is 87.8 Å². The second kappa shape index (κ2) is 8.23. The summed E-state index contributed by atoms with van der Waals surface area (Å²) >= 11 is 1.23. The maximum Gasteiger partial charge on any atom is 0.264 e. The Balaban J connectivity index is 1.62. The molecule has 0 atom stereocenters. The Bertz CT molecular complexity index is 1240. The molecule has 6 nitrogen and oxygen atoms in total. The van der Waals surface area contributed by atoms with Crippen LogP contribution >= 0.6 is 11.8 Å². The fourth-order valence-electron chi connectivity index (χ4n) is 3.36. The minimum Gasteiger partial charge on any atom is -0.366 e. The Morgan fingerprint density at radius 2 is 1.81 bits per heavy atom. The van der Waals surface area contributed by atoms with Crippen LogP contribution in [0.2, 0.25) is 0 Å². The van der Waals surface area contributed by atoms with E-state index in [-0.39, 0.29) is 11.7 Å². The number of carbonyl (C=O) groups is 2. The van der Waals surface area contributed by atoms with E-state index in [0.29, 0.717) is 21.3 Å². The van der Waals surface area contributed by atoms with Crippen molar-refractivity contribution in [1.29, 1.82) is 0 Å². The van der Waals surface area contributed by atoms with Gasteiger partial charge in [-0.25, -0.2) is 9.38 Å². The maximum atomic E-state index is 13.1. The van der Waals surface area contributed by atoms with Crippen molar-refractivity contribution in [1.82, 2.24) is 9.88 Å². The van der Waals surface area contributed by atoms with E-state index in [9.17, 15) is 14.0 Å². The summed E-state index contributed by atoms with van der Waals surface area (Å²) in [5.74, 6) is -1.05. The second-order valence-electron chi connectivity index (χ2n) is 7.03. The van der Waals surface area contributed by atoms with Crippen LogP contribution < -0.4 is 11.1 Å². The fourth-order valence-corrected chi connectivity index (χ4v) is 4.19. The van der Waals surface area contributed by atoms with E-state index in [4.69, 9.17) is 5.73 Å². The average molecular weight is 434 g/mol. The molecule has 4 rings (SSSR count). The Hall–Kier alpha value is -3.65. The van der Waals surface area contributed by atoms with Gasteiger partial charge in [0.1, 0.15) is 5.82 Å². The maximum absolute atomic E-state index is 13.1. The molecule has 2 heterocycles. The molecule has 3 N–H and O–H groups in total. The second-order valence-corrected chi connectivity index (χ2v) is 8.06. The van der Waals surface area contributed by atoms with Gasteiger partial charge in [-0.05, 0) is 91.8 Å². The standard InChI is InChI=1S/C23H19FN4O2S/c1-13-11-16(14(2)28(13)19-9-3-15(4-10-19)21(25)29)12-20-22(30)27-23(31-20)26-18-7-5-17(24)6-8-18/h3-12H,1-2H3,(H2,25,29)(H,26,27,30)/b20-12+. The number of nitrogens with one attached hydrogen (secondary N) is 1. The van der Waals surface area contributed by atoms with Crippen molar-refractivity contribution in [2.45, 2.75) is 13.8 Å². The lowest BCUT2D eigenvalue weighted by molar-refractivity contribution is -0.115. The molecule has 0 radical (unpaired) electrons. The average Bonchev–Trinajstić information content (AvgIpc) is 3.22. The number of nitrogens with zero attached hydrogens (tertiary/aromatic N) is 2. The first kappa shape index (κ1) is 20.6. The van der Waals surface area contributed by atoms with Crippen LogP contribution in [0.3, 0.4) is 0 Å². The lowest BCUT2D eigenvalue weighted by Crippen LogP contribution is -2.19. The number of aliphatic imine (C=N–C) groups is 1. The predicted molar refractivity (Wildman–Crippen MR) is 121 cm³/mol. The minimum atomic E-state index is -0.472. The third kappa shape index (κ3) is 4.29. The summed E-state index contributed by atoms with van der Waals surface area (Å²) in [7, 11) is 0. The van der Waals surface area contributed by atoms with Gasteiger partial charge in [0.05, 0.1) is 10.6 Å². The van der Waals surface area contributed by atoms with Gasteiger partial charge in [-0.15, -0.1) is 0 Å². The van der Waals surface area contributed by atoms with E-state index in [1.54, 1.807) is 24.3 Å². The smallest absolute Gasteiger partial charge is 0.264 e. The highest BCUT2D eigenvalue weighted by Gasteiger charge is 2.24. The van der Waals surface area contributed by atoms with Crippen LogP contribution in [0.15, 0.2) is 64.5 Å². The minimum absolute atomic E-state index is 0.235. The number of benzene rings is 2. The molecule has 1 saturated heterocycles. The van der Waals surface area contributed by atoms with Crippen LogP contribution in [0.25, 0.3) is 11.8 Å². The van der Waals surface area contributed by atoms with Gasteiger partial charge in [-0.1, -0.05) is 0 Å². The van der Waals surface area contributed by atoms with Crippen LogP contribution in [0.1, 0.15) is 27.3 Å². The van der Waals surface area contributed by atoms with Gasteiger partial charge >= 0.3 is 0 Å². The zero-order valence-electron chi connectivity index (χ0n) is 16.8. The topological polar surface area (TPSA) is 89.5 Å². The quantitative estimate of drug-likeness (QED) is 0.603. The third-order valence-electron chi connectivity index (χ3n) is 4.88. The summed E-state index contributed by atoms with van der Waals surface area (Å²) in [4.78, 5) is 28.6. The van der Waals surface area contributed by atoms with Crippen molar-refractivity contribution in [3.8, 4) is 5.69 Å². The first-order valence-corrected chi connectivity index (χ1v) is 10.3. The van der Waals surface area contributed by atoms with Gasteiger partial charge in [0, 0.05) is 22.6 Å². The first-order valence-electron chi connectivity index (χ1n) is 9.46. The number of amidine groups is 1. The van der Waals surface area contributed by atoms with Crippen LogP contribution in [-0.4, -0.2) is 21.5 Å². The highest BCUT2D eigenvalue weighted by atomic mass is 32.2. The molecule has 156 valence electrons. The molecule has 0 unspecified atom stereocenters. The third-order valence-corrected chi connectivity index (χ3v) is 5.78. The van der Waals surface area contributed by atoms with E-state index in [2.05, 4.69) is 10.3 Å². The molecule has 1 aliphatic rings. The highest BCUT2D eigenvalue weighted by molar-refractivity contribution is 8.18. The van der Waals surface area contributed by atoms with Crippen molar-refractivity contribution in [2.24, 2.45) is 10.7 Å². The number of thioether (sulfide) groups is 1. The Morgan fingerprint density at radius 3 is 2.45 bits per heavy atom. The van der Waals surface area contributed by atoms with Gasteiger partial charge in [0.25, 0.3) is 5.91 Å². The number of carbonyl (C=O) groups excluding carboxylic acids is 2. The Labute approximate surface area is 182 Å². The van der Waals surface area contributed by atoms with E-state index < -0.39 is 5.91 Å². The van der Waals surface area contributed by atoms with Crippen LogP contribution in [0.4, 0.5) is 10.1 Å². The molecule has 1 aliphatic heterocycles. The van der Waals surface area contributed by atoms with Crippen LogP contribution in [0, 0.1) is 19.7 Å². The molecular weight excluding hydrogens is 415 g/mol. The molecule has 3 aromatic rings. The van der Waals surface area contributed by atoms with Crippen LogP contribution in [0.5, 0.6) is 0 Å². The van der Waals surface area contributed by atoms with Crippen LogP contribution in [-0.2, 0) is 4.79 Å². The molecule has 0 aliphatic carbocycles. The zero-order chi connectivity index (χ0) is 22.1. The zero-order valence-corrected chi connectivity index (χ0v) is 17.7. The molecule has 0 spiro atoms. The number of nitrogens with two attached hydrogens (primary N) is 1. The van der Waals surface area contributed by atoms with Gasteiger partial charge in [0.15, 0.2) is 5.17 Å². The summed E-state index contributed by atoms with van der Waals surface area (Å²) in [6, 6.07) is 14.8. The number of rotatable bonds is 4. The van der Waals surface area contributed by atoms with E-state index in [0.717, 1.165) is 22.6 Å². The highest BCUT2D eigenvalue weighted by Crippen LogP contribution is 2.30. The monoisotopic (exact) mass is 434 g/mol. The number of primary amides is 1. The fraction of sp³-hybridized carbons (Fsp3) is 0.0870. The van der Waals surface area contributed by atoms with Crippen molar-refractivity contribution >= 4 is 40.5 Å². The van der Waals surface area contributed by atoms with E-state index in [1.165, 1.54) is 23.9 Å². The molecular formula is C23H19FN4O2S. The summed E-state index contributed by atoms with van der Waals surface area (Å²) in [5, 5.41) is 3.18. The molecule has 2 amide bonds. The Kier molecular flexibility index (Phi) is 5.48. The van der Waals surface area contributed by atoms with Crippen molar-refractivity contribution in [3.63, 3.8) is 0 Å². The molecule has 31 heavy (non-hydrogen) atoms. The number of aryl methyl sites for hydroxylation is 1. The van der Waals surface area contributed by atoms with Gasteiger partial charge in [0.2, 0.25) is 5.91 Å². The number of halogens is 1. The number of hydrogen-bond donors (Lipinski definition) is 2. The molecule has 2 aromatic carbocycles.